The van der Waals surface area contributed by atoms with Crippen LogP contribution in [-0.2, 0) is 11.3 Å². The van der Waals surface area contributed by atoms with Crippen molar-refractivity contribution in [2.24, 2.45) is 5.41 Å². The number of hydrogen-bond acceptors (Lipinski definition) is 3. The second-order valence-electron chi connectivity index (χ2n) is 4.83. The van der Waals surface area contributed by atoms with Crippen molar-refractivity contribution in [2.45, 2.75) is 32.9 Å². The van der Waals surface area contributed by atoms with E-state index in [0.29, 0.717) is 11.5 Å². The van der Waals surface area contributed by atoms with Crippen molar-refractivity contribution in [2.75, 3.05) is 19.0 Å². The predicted molar refractivity (Wildman–Crippen MR) is 59.9 cm³/mol. The van der Waals surface area contributed by atoms with E-state index in [1.807, 2.05) is 12.4 Å². The minimum absolute atomic E-state index is 0.429. The third-order valence-corrected chi connectivity index (χ3v) is 3.07. The Morgan fingerprint density at radius 2 is 2.40 bits per heavy atom. The molecule has 0 radical (unpaired) electrons. The molecule has 1 atom stereocenters. The van der Waals surface area contributed by atoms with Gasteiger partial charge >= 0.3 is 0 Å². The fourth-order valence-electron chi connectivity index (χ4n) is 1.69. The van der Waals surface area contributed by atoms with Crippen molar-refractivity contribution >= 4 is 5.95 Å². The maximum absolute atomic E-state index is 5.06. The lowest BCUT2D eigenvalue weighted by molar-refractivity contribution is 0.187. The molecule has 1 aliphatic rings. The summed E-state index contributed by atoms with van der Waals surface area (Å²) in [5.74, 6) is 0.961. The van der Waals surface area contributed by atoms with Crippen LogP contribution in [0.4, 0.5) is 5.95 Å². The fraction of sp³-hybridized carbons (Fsp3) is 0.727. The first-order chi connectivity index (χ1) is 7.13. The normalized spacial score (nSPS) is 22.7. The fourth-order valence-corrected chi connectivity index (χ4v) is 1.69. The average Bonchev–Trinajstić information content (AvgIpc) is 2.62. The van der Waals surface area contributed by atoms with E-state index >= 15 is 0 Å². The summed E-state index contributed by atoms with van der Waals surface area (Å²) in [7, 11) is 1.72. The minimum Gasteiger partial charge on any atom is -0.383 e. The van der Waals surface area contributed by atoms with Crippen LogP contribution in [0.1, 0.15) is 20.3 Å². The highest BCUT2D eigenvalue weighted by molar-refractivity contribution is 5.32. The van der Waals surface area contributed by atoms with Crippen LogP contribution in [-0.4, -0.2) is 29.3 Å². The van der Waals surface area contributed by atoms with Crippen LogP contribution in [0.5, 0.6) is 0 Å². The maximum atomic E-state index is 5.06. The monoisotopic (exact) mass is 209 g/mol. The van der Waals surface area contributed by atoms with Crippen molar-refractivity contribution in [1.29, 1.82) is 0 Å². The average molecular weight is 209 g/mol. The first-order valence-electron chi connectivity index (χ1n) is 5.40. The quantitative estimate of drug-likeness (QED) is 0.803. The summed E-state index contributed by atoms with van der Waals surface area (Å²) in [6, 6.07) is 0.571. The molecule has 0 bridgehead atoms. The highest BCUT2D eigenvalue weighted by atomic mass is 16.5. The molecule has 1 heterocycles. The molecule has 1 unspecified atom stereocenters. The number of rotatable bonds is 5. The number of imidazole rings is 1. The standard InChI is InChI=1S/C11H19N3O/c1-11(2)8-9(11)13-10-12-4-5-14(10)6-7-15-3/h4-5,9H,6-8H2,1-3H3,(H,12,13). The van der Waals surface area contributed by atoms with E-state index in [1.54, 1.807) is 7.11 Å². The van der Waals surface area contributed by atoms with E-state index in [9.17, 15) is 0 Å². The summed E-state index contributed by atoms with van der Waals surface area (Å²) in [5.41, 5.74) is 0.429. The molecule has 0 aliphatic heterocycles. The first-order valence-corrected chi connectivity index (χ1v) is 5.40. The largest absolute Gasteiger partial charge is 0.383 e. The molecular weight excluding hydrogens is 190 g/mol. The Kier molecular flexibility index (Phi) is 2.69. The van der Waals surface area contributed by atoms with Gasteiger partial charge in [0.05, 0.1) is 6.61 Å². The van der Waals surface area contributed by atoms with Gasteiger partial charge in [0.2, 0.25) is 5.95 Å². The zero-order valence-corrected chi connectivity index (χ0v) is 9.66. The molecule has 1 fully saturated rings. The van der Waals surface area contributed by atoms with E-state index in [4.69, 9.17) is 4.74 Å². The highest BCUT2D eigenvalue weighted by Crippen LogP contribution is 2.46. The van der Waals surface area contributed by atoms with Gasteiger partial charge in [0.1, 0.15) is 0 Å². The smallest absolute Gasteiger partial charge is 0.203 e. The maximum Gasteiger partial charge on any atom is 0.203 e. The van der Waals surface area contributed by atoms with Gasteiger partial charge in [-0.3, -0.25) is 0 Å². The molecule has 4 nitrogen and oxygen atoms in total. The Bertz CT molecular complexity index is 332. The molecule has 1 N–H and O–H groups in total. The zero-order chi connectivity index (χ0) is 10.9. The molecule has 0 saturated heterocycles. The topological polar surface area (TPSA) is 39.1 Å². The Hall–Kier alpha value is -1.03. The van der Waals surface area contributed by atoms with Crippen LogP contribution in [0.25, 0.3) is 0 Å². The van der Waals surface area contributed by atoms with Gasteiger partial charge in [0.15, 0.2) is 0 Å². The van der Waals surface area contributed by atoms with Crippen molar-refractivity contribution in [3.8, 4) is 0 Å². The molecule has 0 aromatic carbocycles. The number of ether oxygens (including phenoxy) is 1. The van der Waals surface area contributed by atoms with Gasteiger partial charge in [0, 0.05) is 32.1 Å². The first kappa shape index (κ1) is 10.5. The third-order valence-electron chi connectivity index (χ3n) is 3.07. The van der Waals surface area contributed by atoms with Crippen molar-refractivity contribution in [1.82, 2.24) is 9.55 Å². The van der Waals surface area contributed by atoms with Gasteiger partial charge in [-0.05, 0) is 11.8 Å². The molecule has 15 heavy (non-hydrogen) atoms. The van der Waals surface area contributed by atoms with Gasteiger partial charge in [-0.1, -0.05) is 13.8 Å². The molecule has 2 rings (SSSR count). The van der Waals surface area contributed by atoms with Gasteiger partial charge in [-0.2, -0.15) is 0 Å². The van der Waals surface area contributed by atoms with E-state index in [0.717, 1.165) is 19.1 Å². The highest BCUT2D eigenvalue weighted by Gasteiger charge is 2.46. The van der Waals surface area contributed by atoms with E-state index in [2.05, 4.69) is 28.7 Å². The molecule has 1 aromatic rings. The minimum atomic E-state index is 0.429. The van der Waals surface area contributed by atoms with Gasteiger partial charge in [-0.15, -0.1) is 0 Å². The summed E-state index contributed by atoms with van der Waals surface area (Å²) >= 11 is 0. The Labute approximate surface area is 90.6 Å². The SMILES string of the molecule is COCCn1ccnc1NC1CC1(C)C. The molecule has 0 amide bonds. The number of anilines is 1. The molecule has 1 aliphatic carbocycles. The second kappa shape index (κ2) is 3.85. The van der Waals surface area contributed by atoms with Crippen LogP contribution < -0.4 is 5.32 Å². The number of hydrogen-bond donors (Lipinski definition) is 1. The van der Waals surface area contributed by atoms with Crippen molar-refractivity contribution in [3.63, 3.8) is 0 Å². The lowest BCUT2D eigenvalue weighted by atomic mass is 10.2. The van der Waals surface area contributed by atoms with Crippen LogP contribution in [0.15, 0.2) is 12.4 Å². The van der Waals surface area contributed by atoms with E-state index < -0.39 is 0 Å². The molecule has 0 spiro atoms. The Morgan fingerprint density at radius 3 is 3.00 bits per heavy atom. The Morgan fingerprint density at radius 1 is 1.67 bits per heavy atom. The number of nitrogens with zero attached hydrogens (tertiary/aromatic N) is 2. The van der Waals surface area contributed by atoms with Gasteiger partial charge in [-0.25, -0.2) is 4.98 Å². The summed E-state index contributed by atoms with van der Waals surface area (Å²) < 4.78 is 7.15. The predicted octanol–water partition coefficient (Wildman–Crippen LogP) is 1.74. The lowest BCUT2D eigenvalue weighted by Gasteiger charge is -2.10. The van der Waals surface area contributed by atoms with Gasteiger partial charge in [0.25, 0.3) is 0 Å². The van der Waals surface area contributed by atoms with Crippen LogP contribution in [0.2, 0.25) is 0 Å². The number of aromatic nitrogens is 2. The third kappa shape index (κ3) is 2.31. The van der Waals surface area contributed by atoms with E-state index in [-0.39, 0.29) is 0 Å². The lowest BCUT2D eigenvalue weighted by Crippen LogP contribution is -2.14. The summed E-state index contributed by atoms with van der Waals surface area (Å²) in [6.45, 7) is 6.12. The zero-order valence-electron chi connectivity index (χ0n) is 9.66. The molecule has 1 aromatic heterocycles. The summed E-state index contributed by atoms with van der Waals surface area (Å²) in [4.78, 5) is 4.31. The number of methoxy groups -OCH3 is 1. The van der Waals surface area contributed by atoms with Crippen LogP contribution >= 0.6 is 0 Å². The Balaban J connectivity index is 1.93. The number of nitrogens with one attached hydrogen (secondary N) is 1. The van der Waals surface area contributed by atoms with Crippen molar-refractivity contribution < 1.29 is 4.74 Å². The summed E-state index contributed by atoms with van der Waals surface area (Å²) in [6.07, 6.45) is 5.04. The molecule has 84 valence electrons. The molecule has 1 saturated carbocycles. The van der Waals surface area contributed by atoms with Crippen LogP contribution in [0.3, 0.4) is 0 Å². The van der Waals surface area contributed by atoms with Crippen LogP contribution in [0, 0.1) is 5.41 Å². The second-order valence-corrected chi connectivity index (χ2v) is 4.83. The molecule has 4 heteroatoms. The van der Waals surface area contributed by atoms with E-state index in [1.165, 1.54) is 6.42 Å². The van der Waals surface area contributed by atoms with Crippen molar-refractivity contribution in [3.05, 3.63) is 12.4 Å². The summed E-state index contributed by atoms with van der Waals surface area (Å²) in [5, 5.41) is 3.46. The molecular formula is C11H19N3O. The van der Waals surface area contributed by atoms with Gasteiger partial charge < -0.3 is 14.6 Å².